The minimum absolute atomic E-state index is 0.0357. The Morgan fingerprint density at radius 3 is 2.83 bits per heavy atom. The first kappa shape index (κ1) is 16.6. The highest BCUT2D eigenvalue weighted by Gasteiger charge is 2.14. The van der Waals surface area contributed by atoms with Gasteiger partial charge in [-0.1, -0.05) is 25.7 Å². The molecule has 1 N–H and O–H groups in total. The van der Waals surface area contributed by atoms with Crippen LogP contribution in [0.25, 0.3) is 11.0 Å². The van der Waals surface area contributed by atoms with Crippen molar-refractivity contribution in [1.82, 2.24) is 5.32 Å². The van der Waals surface area contributed by atoms with Crippen molar-refractivity contribution in [3.8, 4) is 5.75 Å². The zero-order chi connectivity index (χ0) is 16.8. The minimum atomic E-state index is -0.403. The van der Waals surface area contributed by atoms with Crippen molar-refractivity contribution in [2.45, 2.75) is 38.5 Å². The molecule has 2 aromatic rings. The third-order valence-electron chi connectivity index (χ3n) is 4.55. The van der Waals surface area contributed by atoms with E-state index in [4.69, 9.17) is 9.15 Å². The smallest absolute Gasteiger partial charge is 0.336 e. The summed E-state index contributed by atoms with van der Waals surface area (Å²) < 4.78 is 10.6. The first-order valence-electron chi connectivity index (χ1n) is 8.64. The van der Waals surface area contributed by atoms with Gasteiger partial charge in [-0.2, -0.15) is 0 Å². The van der Waals surface area contributed by atoms with Crippen molar-refractivity contribution in [3.05, 3.63) is 40.8 Å². The Kier molecular flexibility index (Phi) is 5.51. The molecule has 5 nitrogen and oxygen atoms in total. The number of hydrogen-bond acceptors (Lipinski definition) is 4. The van der Waals surface area contributed by atoms with Crippen LogP contribution in [-0.2, 0) is 4.79 Å². The standard InChI is InChI=1S/C19H23NO4/c21-18(20-11-3-6-14-4-1-2-5-14)13-23-16-9-7-15-8-10-19(22)24-17(15)12-16/h7-10,12,14H,1-6,11,13H2,(H,20,21). The molecule has 1 aliphatic rings. The molecule has 1 saturated carbocycles. The van der Waals surface area contributed by atoms with Crippen LogP contribution in [0.5, 0.6) is 5.75 Å². The number of carbonyl (C=O) groups is 1. The van der Waals surface area contributed by atoms with Crippen molar-refractivity contribution in [1.29, 1.82) is 0 Å². The van der Waals surface area contributed by atoms with Gasteiger partial charge in [0.25, 0.3) is 5.91 Å². The van der Waals surface area contributed by atoms with Gasteiger partial charge in [0.15, 0.2) is 6.61 Å². The topological polar surface area (TPSA) is 68.5 Å². The molecular formula is C19H23NO4. The predicted octanol–water partition coefficient (Wildman–Crippen LogP) is 3.26. The van der Waals surface area contributed by atoms with E-state index in [1.54, 1.807) is 24.3 Å². The summed E-state index contributed by atoms with van der Waals surface area (Å²) in [7, 11) is 0. The normalized spacial score (nSPS) is 14.8. The SMILES string of the molecule is O=C(COc1ccc2ccc(=O)oc2c1)NCCCC1CCCC1. The lowest BCUT2D eigenvalue weighted by Crippen LogP contribution is -2.29. The lowest BCUT2D eigenvalue weighted by atomic mass is 10.0. The second kappa shape index (κ2) is 7.99. The molecule has 0 unspecified atom stereocenters. The number of rotatable bonds is 7. The van der Waals surface area contributed by atoms with Crippen LogP contribution in [0.2, 0.25) is 0 Å². The lowest BCUT2D eigenvalue weighted by molar-refractivity contribution is -0.123. The van der Waals surface area contributed by atoms with Crippen LogP contribution in [0.4, 0.5) is 0 Å². The van der Waals surface area contributed by atoms with E-state index in [0.29, 0.717) is 17.9 Å². The highest BCUT2D eigenvalue weighted by Crippen LogP contribution is 2.28. The van der Waals surface area contributed by atoms with E-state index in [9.17, 15) is 9.59 Å². The van der Waals surface area contributed by atoms with Gasteiger partial charge in [-0.25, -0.2) is 4.79 Å². The van der Waals surface area contributed by atoms with Crippen molar-refractivity contribution < 1.29 is 13.9 Å². The fourth-order valence-electron chi connectivity index (χ4n) is 3.25. The largest absolute Gasteiger partial charge is 0.484 e. The number of nitrogens with one attached hydrogen (secondary N) is 1. The molecule has 0 radical (unpaired) electrons. The molecule has 24 heavy (non-hydrogen) atoms. The zero-order valence-electron chi connectivity index (χ0n) is 13.8. The number of carbonyl (C=O) groups excluding carboxylic acids is 1. The van der Waals surface area contributed by atoms with E-state index in [-0.39, 0.29) is 12.5 Å². The maximum Gasteiger partial charge on any atom is 0.336 e. The van der Waals surface area contributed by atoms with Gasteiger partial charge in [0.05, 0.1) is 0 Å². The van der Waals surface area contributed by atoms with Crippen LogP contribution in [0.3, 0.4) is 0 Å². The van der Waals surface area contributed by atoms with Gasteiger partial charge in [-0.05, 0) is 37.0 Å². The van der Waals surface area contributed by atoms with E-state index < -0.39 is 5.63 Å². The molecule has 1 aromatic carbocycles. The molecule has 5 heteroatoms. The highest BCUT2D eigenvalue weighted by molar-refractivity contribution is 5.79. The second-order valence-corrected chi connectivity index (χ2v) is 6.39. The first-order valence-corrected chi connectivity index (χ1v) is 8.64. The quantitative estimate of drug-likeness (QED) is 0.625. The van der Waals surface area contributed by atoms with E-state index in [1.807, 2.05) is 0 Å². The summed E-state index contributed by atoms with van der Waals surface area (Å²) in [5.74, 6) is 1.24. The van der Waals surface area contributed by atoms with Gasteiger partial charge in [0.2, 0.25) is 0 Å². The number of amides is 1. The molecule has 0 saturated heterocycles. The first-order chi connectivity index (χ1) is 11.7. The number of benzene rings is 1. The Morgan fingerprint density at radius 1 is 1.21 bits per heavy atom. The average Bonchev–Trinajstić information content (AvgIpc) is 3.10. The molecule has 1 aliphatic carbocycles. The Morgan fingerprint density at radius 2 is 2.00 bits per heavy atom. The van der Waals surface area contributed by atoms with Crippen LogP contribution in [-0.4, -0.2) is 19.1 Å². The molecular weight excluding hydrogens is 306 g/mol. The fourth-order valence-corrected chi connectivity index (χ4v) is 3.25. The Hall–Kier alpha value is -2.30. The molecule has 1 amide bonds. The Balaban J connectivity index is 1.41. The summed E-state index contributed by atoms with van der Waals surface area (Å²) in [6.07, 6.45) is 7.63. The maximum absolute atomic E-state index is 11.8. The van der Waals surface area contributed by atoms with Crippen molar-refractivity contribution >= 4 is 16.9 Å². The van der Waals surface area contributed by atoms with Gasteiger partial charge in [0.1, 0.15) is 11.3 Å². The molecule has 3 rings (SSSR count). The number of fused-ring (bicyclic) bond motifs is 1. The summed E-state index contributed by atoms with van der Waals surface area (Å²) in [6.45, 7) is 0.664. The van der Waals surface area contributed by atoms with Crippen LogP contribution in [0.1, 0.15) is 38.5 Å². The van der Waals surface area contributed by atoms with E-state index in [0.717, 1.165) is 17.7 Å². The summed E-state index contributed by atoms with van der Waals surface area (Å²) in [5.41, 5.74) is 0.0524. The Bertz CT molecular complexity index is 746. The molecule has 0 bridgehead atoms. The van der Waals surface area contributed by atoms with Crippen molar-refractivity contribution in [3.63, 3.8) is 0 Å². The monoisotopic (exact) mass is 329 g/mol. The number of ether oxygens (including phenoxy) is 1. The van der Waals surface area contributed by atoms with E-state index >= 15 is 0 Å². The van der Waals surface area contributed by atoms with Gasteiger partial charge in [-0.3, -0.25) is 4.79 Å². The van der Waals surface area contributed by atoms with Gasteiger partial charge >= 0.3 is 5.63 Å². The summed E-state index contributed by atoms with van der Waals surface area (Å²) in [4.78, 5) is 23.1. The number of hydrogen-bond donors (Lipinski definition) is 1. The third-order valence-corrected chi connectivity index (χ3v) is 4.55. The van der Waals surface area contributed by atoms with Crippen LogP contribution >= 0.6 is 0 Å². The molecule has 1 aromatic heterocycles. The van der Waals surface area contributed by atoms with Crippen LogP contribution in [0, 0.1) is 5.92 Å². The zero-order valence-corrected chi connectivity index (χ0v) is 13.8. The summed E-state index contributed by atoms with van der Waals surface area (Å²) in [5, 5.41) is 3.70. The fraction of sp³-hybridized carbons (Fsp3) is 0.474. The van der Waals surface area contributed by atoms with Gasteiger partial charge in [0, 0.05) is 24.1 Å². The van der Waals surface area contributed by atoms with E-state index in [2.05, 4.69) is 5.32 Å². The lowest BCUT2D eigenvalue weighted by Gasteiger charge is -2.10. The van der Waals surface area contributed by atoms with E-state index in [1.165, 1.54) is 38.2 Å². The summed E-state index contributed by atoms with van der Waals surface area (Å²) in [6, 6.07) is 8.26. The average molecular weight is 329 g/mol. The molecule has 128 valence electrons. The molecule has 0 aliphatic heterocycles. The molecule has 1 heterocycles. The van der Waals surface area contributed by atoms with Gasteiger partial charge < -0.3 is 14.5 Å². The molecule has 0 atom stereocenters. The van der Waals surface area contributed by atoms with Crippen molar-refractivity contribution in [2.24, 2.45) is 5.92 Å². The second-order valence-electron chi connectivity index (χ2n) is 6.39. The Labute approximate surface area is 141 Å². The molecule has 1 fully saturated rings. The van der Waals surface area contributed by atoms with Gasteiger partial charge in [-0.15, -0.1) is 0 Å². The predicted molar refractivity (Wildman–Crippen MR) is 92.2 cm³/mol. The summed E-state index contributed by atoms with van der Waals surface area (Å²) >= 11 is 0. The third kappa shape index (κ3) is 4.60. The van der Waals surface area contributed by atoms with Crippen molar-refractivity contribution in [2.75, 3.05) is 13.2 Å². The minimum Gasteiger partial charge on any atom is -0.484 e. The molecule has 0 spiro atoms. The van der Waals surface area contributed by atoms with Crippen LogP contribution < -0.4 is 15.7 Å². The van der Waals surface area contributed by atoms with Crippen LogP contribution in [0.15, 0.2) is 39.5 Å². The maximum atomic E-state index is 11.8. The highest BCUT2D eigenvalue weighted by atomic mass is 16.5.